The summed E-state index contributed by atoms with van der Waals surface area (Å²) in [4.78, 5) is 50.0. The number of ether oxygens (including phenoxy) is 2. The zero-order chi connectivity index (χ0) is 28.3. The van der Waals surface area contributed by atoms with E-state index in [-0.39, 0.29) is 60.4 Å². The summed E-state index contributed by atoms with van der Waals surface area (Å²) in [6.45, 7) is 9.22. The molecule has 1 N–H and O–H groups in total. The predicted octanol–water partition coefficient (Wildman–Crippen LogP) is 1.95. The van der Waals surface area contributed by atoms with Crippen LogP contribution >= 0.6 is 0 Å². The van der Waals surface area contributed by atoms with Crippen molar-refractivity contribution in [1.29, 1.82) is 0 Å². The van der Waals surface area contributed by atoms with Gasteiger partial charge in [0.25, 0.3) is 5.91 Å². The Morgan fingerprint density at radius 1 is 1.05 bits per heavy atom. The number of hydrogen-bond acceptors (Lipinski definition) is 7. The molecular formula is C30H39N5O5. The summed E-state index contributed by atoms with van der Waals surface area (Å²) in [5, 5.41) is 3.11. The standard InChI is InChI=1S/C30H39N5O5/c1-30(2,3)14-26(36)34-12-13-35-22(16-34)19-40-29-23(10-7-11-31-29)28(38)32-24-17-33(15-21-8-5-4-6-9-21)18-25(24)39-20-27(35)37/h4-11,22,24-25H,12-20H2,1-3H3,(H,32,38)/t22-,24+,25-/m0/s1. The van der Waals surface area contributed by atoms with Crippen molar-refractivity contribution in [2.24, 2.45) is 5.41 Å². The predicted molar refractivity (Wildman–Crippen MR) is 149 cm³/mol. The Kier molecular flexibility index (Phi) is 8.37. The molecule has 2 saturated heterocycles. The Balaban J connectivity index is 1.36. The number of amides is 3. The maximum Gasteiger partial charge on any atom is 0.257 e. The molecule has 1 aromatic heterocycles. The van der Waals surface area contributed by atoms with Crippen LogP contribution in [0.15, 0.2) is 48.7 Å². The van der Waals surface area contributed by atoms with Crippen LogP contribution in [-0.2, 0) is 20.9 Å². The van der Waals surface area contributed by atoms with Gasteiger partial charge < -0.3 is 24.6 Å². The Labute approximate surface area is 235 Å². The lowest BCUT2D eigenvalue weighted by Gasteiger charge is -2.42. The molecule has 3 aliphatic heterocycles. The summed E-state index contributed by atoms with van der Waals surface area (Å²) in [5.41, 5.74) is 1.36. The number of aromatic nitrogens is 1. The highest BCUT2D eigenvalue weighted by Gasteiger charge is 2.38. The third-order valence-electron chi connectivity index (χ3n) is 7.59. The average molecular weight is 550 g/mol. The van der Waals surface area contributed by atoms with Crippen LogP contribution in [0, 0.1) is 5.41 Å². The molecule has 0 saturated carbocycles. The molecule has 2 fully saturated rings. The van der Waals surface area contributed by atoms with E-state index in [4.69, 9.17) is 9.47 Å². The van der Waals surface area contributed by atoms with Crippen molar-refractivity contribution < 1.29 is 23.9 Å². The fraction of sp³-hybridized carbons (Fsp3) is 0.533. The minimum Gasteiger partial charge on any atom is -0.475 e. The van der Waals surface area contributed by atoms with Gasteiger partial charge in [-0.25, -0.2) is 4.98 Å². The second kappa shape index (κ2) is 11.9. The molecule has 3 amide bonds. The highest BCUT2D eigenvalue weighted by atomic mass is 16.5. The third kappa shape index (κ3) is 6.79. The maximum atomic E-state index is 13.5. The number of rotatable bonds is 3. The monoisotopic (exact) mass is 549 g/mol. The summed E-state index contributed by atoms with van der Waals surface area (Å²) in [5.74, 6) is -0.176. The van der Waals surface area contributed by atoms with Crippen molar-refractivity contribution in [2.75, 3.05) is 45.9 Å². The van der Waals surface area contributed by atoms with Gasteiger partial charge in [0.15, 0.2) is 0 Å². The van der Waals surface area contributed by atoms with Gasteiger partial charge in [-0.3, -0.25) is 19.3 Å². The minimum atomic E-state index is -0.388. The summed E-state index contributed by atoms with van der Waals surface area (Å²) < 4.78 is 12.3. The molecule has 3 atom stereocenters. The van der Waals surface area contributed by atoms with Gasteiger partial charge in [0.1, 0.15) is 18.8 Å². The van der Waals surface area contributed by atoms with E-state index in [0.717, 1.165) is 6.54 Å². The minimum absolute atomic E-state index is 0.0592. The first kappa shape index (κ1) is 28.0. The summed E-state index contributed by atoms with van der Waals surface area (Å²) in [6, 6.07) is 12.8. The van der Waals surface area contributed by atoms with E-state index in [9.17, 15) is 14.4 Å². The topological polar surface area (TPSA) is 104 Å². The fourth-order valence-electron chi connectivity index (χ4n) is 5.61. The first-order chi connectivity index (χ1) is 19.2. The second-order valence-corrected chi connectivity index (χ2v) is 12.1. The molecule has 10 nitrogen and oxygen atoms in total. The number of hydrogen-bond donors (Lipinski definition) is 1. The van der Waals surface area contributed by atoms with Gasteiger partial charge in [-0.05, 0) is 23.1 Å². The van der Waals surface area contributed by atoms with Crippen molar-refractivity contribution in [3.05, 3.63) is 59.8 Å². The number of likely N-dealkylation sites (tertiary alicyclic amines) is 1. The van der Waals surface area contributed by atoms with E-state index in [1.807, 2.05) is 43.9 Å². The summed E-state index contributed by atoms with van der Waals surface area (Å²) in [6.07, 6.45) is 1.65. The van der Waals surface area contributed by atoms with E-state index in [1.165, 1.54) is 5.56 Å². The van der Waals surface area contributed by atoms with Crippen molar-refractivity contribution in [3.63, 3.8) is 0 Å². The van der Waals surface area contributed by atoms with Crippen molar-refractivity contribution >= 4 is 17.7 Å². The zero-order valence-electron chi connectivity index (χ0n) is 23.5. The first-order valence-corrected chi connectivity index (χ1v) is 14.0. The molecule has 0 bridgehead atoms. The van der Waals surface area contributed by atoms with Crippen LogP contribution in [0.5, 0.6) is 5.88 Å². The number of fused-ring (bicyclic) bond motifs is 3. The summed E-state index contributed by atoms with van der Waals surface area (Å²) >= 11 is 0. The Hall–Kier alpha value is -3.50. The molecule has 0 spiro atoms. The van der Waals surface area contributed by atoms with E-state index in [1.54, 1.807) is 23.2 Å². The first-order valence-electron chi connectivity index (χ1n) is 14.0. The normalized spacial score (nSPS) is 24.4. The number of pyridine rings is 1. The number of carbonyl (C=O) groups excluding carboxylic acids is 3. The van der Waals surface area contributed by atoms with Crippen LogP contribution in [0.2, 0.25) is 0 Å². The van der Waals surface area contributed by atoms with E-state index in [0.29, 0.717) is 44.7 Å². The molecule has 2 aromatic rings. The number of nitrogens with zero attached hydrogens (tertiary/aromatic N) is 4. The molecule has 0 unspecified atom stereocenters. The van der Waals surface area contributed by atoms with Crippen molar-refractivity contribution in [2.45, 2.75) is 51.9 Å². The quantitative estimate of drug-likeness (QED) is 0.624. The molecule has 5 rings (SSSR count). The molecule has 10 heteroatoms. The largest absolute Gasteiger partial charge is 0.475 e. The van der Waals surface area contributed by atoms with Gasteiger partial charge in [-0.1, -0.05) is 51.1 Å². The SMILES string of the molecule is CC(C)(C)CC(=O)N1CCN2C(=O)CO[C@H]3CN(Cc4ccccc4)C[C@H]3NC(=O)c3cccnc3OC[C@@H]2C1. The van der Waals surface area contributed by atoms with E-state index in [2.05, 4.69) is 27.3 Å². The van der Waals surface area contributed by atoms with Crippen LogP contribution < -0.4 is 10.1 Å². The molecular weight excluding hydrogens is 510 g/mol. The lowest BCUT2D eigenvalue weighted by molar-refractivity contribution is -0.149. The van der Waals surface area contributed by atoms with Crippen LogP contribution in [0.3, 0.4) is 0 Å². The lowest BCUT2D eigenvalue weighted by atomic mass is 9.91. The molecule has 3 aliphatic rings. The summed E-state index contributed by atoms with van der Waals surface area (Å²) in [7, 11) is 0. The fourth-order valence-corrected chi connectivity index (χ4v) is 5.61. The molecule has 0 aliphatic carbocycles. The molecule has 214 valence electrons. The van der Waals surface area contributed by atoms with E-state index < -0.39 is 0 Å². The average Bonchev–Trinajstić information content (AvgIpc) is 3.30. The lowest BCUT2D eigenvalue weighted by Crippen LogP contribution is -2.59. The number of nitrogens with one attached hydrogen (secondary N) is 1. The van der Waals surface area contributed by atoms with Gasteiger partial charge in [0.05, 0.1) is 18.2 Å². The van der Waals surface area contributed by atoms with Crippen LogP contribution in [0.1, 0.15) is 43.1 Å². The van der Waals surface area contributed by atoms with Gasteiger partial charge in [-0.2, -0.15) is 0 Å². The highest BCUT2D eigenvalue weighted by molar-refractivity contribution is 5.96. The third-order valence-corrected chi connectivity index (χ3v) is 7.59. The van der Waals surface area contributed by atoms with Crippen LogP contribution in [0.4, 0.5) is 0 Å². The highest BCUT2D eigenvalue weighted by Crippen LogP contribution is 2.24. The van der Waals surface area contributed by atoms with Gasteiger partial charge in [-0.15, -0.1) is 0 Å². The number of carbonyl (C=O) groups is 3. The van der Waals surface area contributed by atoms with Crippen molar-refractivity contribution in [1.82, 2.24) is 25.0 Å². The van der Waals surface area contributed by atoms with E-state index >= 15 is 0 Å². The van der Waals surface area contributed by atoms with Crippen LogP contribution in [-0.4, -0.2) is 102 Å². The van der Waals surface area contributed by atoms with Gasteiger partial charge in [0.2, 0.25) is 17.7 Å². The number of piperazine rings is 1. The maximum absolute atomic E-state index is 13.5. The molecule has 0 radical (unpaired) electrons. The second-order valence-electron chi connectivity index (χ2n) is 12.1. The molecule has 40 heavy (non-hydrogen) atoms. The number of benzene rings is 1. The van der Waals surface area contributed by atoms with Gasteiger partial charge in [0, 0.05) is 51.9 Å². The zero-order valence-corrected chi connectivity index (χ0v) is 23.5. The smallest absolute Gasteiger partial charge is 0.257 e. The van der Waals surface area contributed by atoms with Crippen molar-refractivity contribution in [3.8, 4) is 5.88 Å². The Morgan fingerprint density at radius 2 is 1.85 bits per heavy atom. The molecule has 1 aromatic carbocycles. The van der Waals surface area contributed by atoms with Gasteiger partial charge >= 0.3 is 0 Å². The Morgan fingerprint density at radius 3 is 2.62 bits per heavy atom. The Bertz CT molecular complexity index is 1220. The molecule has 4 heterocycles. The van der Waals surface area contributed by atoms with Crippen LogP contribution in [0.25, 0.3) is 0 Å².